The Balaban J connectivity index is 2.64. The molecule has 0 N–H and O–H groups in total. The molecule has 0 unspecified atom stereocenters. The molecule has 0 fully saturated rings. The molecular weight excluding hydrogens is 232 g/mol. The van der Waals surface area contributed by atoms with Crippen LogP contribution in [0.3, 0.4) is 0 Å². The van der Waals surface area contributed by atoms with E-state index in [0.717, 1.165) is 0 Å². The third kappa shape index (κ3) is 4.69. The minimum Gasteiger partial charge on any atom is -0.463 e. The summed E-state index contributed by atoms with van der Waals surface area (Å²) in [5.41, 5.74) is 0.767. The highest BCUT2D eigenvalue weighted by molar-refractivity contribution is 5.94. The second kappa shape index (κ2) is 7.11. The first-order valence-electron chi connectivity index (χ1n) is 5.49. The van der Waals surface area contributed by atoms with Gasteiger partial charge in [0.05, 0.1) is 12.3 Å². The lowest BCUT2D eigenvalue weighted by molar-refractivity contribution is -0.137. The lowest BCUT2D eigenvalue weighted by Gasteiger charge is -1.95. The van der Waals surface area contributed by atoms with Gasteiger partial charge in [-0.2, -0.15) is 5.11 Å². The highest BCUT2D eigenvalue weighted by atomic mass is 16.5. The van der Waals surface area contributed by atoms with Crippen molar-refractivity contribution in [3.63, 3.8) is 0 Å². The van der Waals surface area contributed by atoms with Crippen molar-refractivity contribution < 1.29 is 14.3 Å². The lowest BCUT2D eigenvalue weighted by atomic mass is 10.2. The molecule has 0 spiro atoms. The van der Waals surface area contributed by atoms with Crippen LogP contribution in [0.5, 0.6) is 0 Å². The maximum atomic E-state index is 11.6. The van der Waals surface area contributed by atoms with Gasteiger partial charge in [-0.3, -0.25) is 4.79 Å². The molecule has 18 heavy (non-hydrogen) atoms. The molecule has 1 aromatic carbocycles. The summed E-state index contributed by atoms with van der Waals surface area (Å²) in [6.45, 7) is 3.57. The van der Waals surface area contributed by atoms with Crippen LogP contribution in [-0.2, 0) is 9.53 Å². The molecule has 1 aromatic rings. The quantitative estimate of drug-likeness (QED) is 0.466. The minimum atomic E-state index is -0.499. The van der Waals surface area contributed by atoms with Crippen LogP contribution in [0.4, 0.5) is 0 Å². The molecule has 1 amide bonds. The summed E-state index contributed by atoms with van der Waals surface area (Å²) < 4.78 is 4.70. The van der Waals surface area contributed by atoms with E-state index in [0.29, 0.717) is 17.9 Å². The Hall–Kier alpha value is -2.30. The standard InChI is InChI=1S/C13H14N2O3/c1-3-18-12(16)9-10(2)14-15-13(17)11-7-5-4-6-8-11/h4-9H,3H2,1-2H3/b10-9+,15-14?. The van der Waals surface area contributed by atoms with Crippen molar-refractivity contribution in [2.45, 2.75) is 13.8 Å². The van der Waals surface area contributed by atoms with E-state index in [9.17, 15) is 9.59 Å². The molecule has 0 aliphatic carbocycles. The van der Waals surface area contributed by atoms with Gasteiger partial charge in [0.25, 0.3) is 5.91 Å². The molecule has 0 aromatic heterocycles. The summed E-state index contributed by atoms with van der Waals surface area (Å²) in [6, 6.07) is 8.57. The number of ether oxygens (including phenoxy) is 1. The third-order valence-electron chi connectivity index (χ3n) is 1.93. The van der Waals surface area contributed by atoms with Crippen LogP contribution >= 0.6 is 0 Å². The van der Waals surface area contributed by atoms with Gasteiger partial charge in [0.2, 0.25) is 0 Å². The van der Waals surface area contributed by atoms with Gasteiger partial charge in [-0.15, -0.1) is 5.11 Å². The Morgan fingerprint density at radius 1 is 1.22 bits per heavy atom. The maximum absolute atomic E-state index is 11.6. The number of hydrogen-bond donors (Lipinski definition) is 0. The van der Waals surface area contributed by atoms with Crippen LogP contribution in [0.15, 0.2) is 52.3 Å². The number of hydrogen-bond acceptors (Lipinski definition) is 4. The van der Waals surface area contributed by atoms with E-state index in [1.165, 1.54) is 6.08 Å². The summed E-state index contributed by atoms with van der Waals surface area (Å²) in [7, 11) is 0. The predicted molar refractivity (Wildman–Crippen MR) is 66.0 cm³/mol. The molecule has 0 saturated carbocycles. The zero-order valence-corrected chi connectivity index (χ0v) is 10.3. The number of azo groups is 1. The van der Waals surface area contributed by atoms with E-state index in [-0.39, 0.29) is 0 Å². The van der Waals surface area contributed by atoms with Crippen LogP contribution < -0.4 is 0 Å². The molecule has 5 heteroatoms. The van der Waals surface area contributed by atoms with E-state index in [2.05, 4.69) is 10.2 Å². The summed E-state index contributed by atoms with van der Waals surface area (Å²) in [6.07, 6.45) is 1.19. The van der Waals surface area contributed by atoms with E-state index < -0.39 is 11.9 Å². The molecule has 0 atom stereocenters. The SMILES string of the molecule is CCOC(=O)/C=C(\C)N=NC(=O)c1ccccc1. The van der Waals surface area contributed by atoms with Crippen molar-refractivity contribution in [3.8, 4) is 0 Å². The second-order valence-electron chi connectivity index (χ2n) is 3.41. The van der Waals surface area contributed by atoms with E-state index in [4.69, 9.17) is 4.74 Å². The summed E-state index contributed by atoms with van der Waals surface area (Å²) in [5.74, 6) is -0.951. The number of rotatable bonds is 4. The summed E-state index contributed by atoms with van der Waals surface area (Å²) in [5, 5.41) is 7.18. The maximum Gasteiger partial charge on any atom is 0.332 e. The summed E-state index contributed by atoms with van der Waals surface area (Å²) >= 11 is 0. The molecule has 0 radical (unpaired) electrons. The highest BCUT2D eigenvalue weighted by Crippen LogP contribution is 2.03. The molecular formula is C13H14N2O3. The first kappa shape index (κ1) is 13.8. The molecule has 0 heterocycles. The number of allylic oxidation sites excluding steroid dienone is 1. The molecule has 1 rings (SSSR count). The normalized spacial score (nSPS) is 11.6. The largest absolute Gasteiger partial charge is 0.463 e. The van der Waals surface area contributed by atoms with Gasteiger partial charge in [-0.1, -0.05) is 18.2 Å². The topological polar surface area (TPSA) is 68.1 Å². The van der Waals surface area contributed by atoms with Gasteiger partial charge in [-0.25, -0.2) is 4.79 Å². The zero-order valence-electron chi connectivity index (χ0n) is 10.3. The van der Waals surface area contributed by atoms with Crippen LogP contribution in [0.25, 0.3) is 0 Å². The number of carbonyl (C=O) groups is 2. The van der Waals surface area contributed by atoms with Gasteiger partial charge >= 0.3 is 5.97 Å². The Morgan fingerprint density at radius 2 is 1.89 bits per heavy atom. The zero-order chi connectivity index (χ0) is 13.4. The van der Waals surface area contributed by atoms with Gasteiger partial charge in [-0.05, 0) is 26.0 Å². The molecule has 0 aliphatic heterocycles. The van der Waals surface area contributed by atoms with Crippen LogP contribution in [0.1, 0.15) is 24.2 Å². The molecule has 0 bridgehead atoms. The molecule has 94 valence electrons. The number of esters is 1. The average Bonchev–Trinajstić information content (AvgIpc) is 2.37. The third-order valence-corrected chi connectivity index (χ3v) is 1.93. The Bertz CT molecular complexity index is 478. The monoisotopic (exact) mass is 246 g/mol. The predicted octanol–water partition coefficient (Wildman–Crippen LogP) is 2.75. The van der Waals surface area contributed by atoms with Crippen molar-refractivity contribution in [1.82, 2.24) is 0 Å². The molecule has 0 saturated heterocycles. The fourth-order valence-corrected chi connectivity index (χ4v) is 1.15. The van der Waals surface area contributed by atoms with Gasteiger partial charge in [0.15, 0.2) is 0 Å². The highest BCUT2D eigenvalue weighted by Gasteiger charge is 2.02. The number of amides is 1. The second-order valence-corrected chi connectivity index (χ2v) is 3.41. The first-order chi connectivity index (χ1) is 8.63. The fourth-order valence-electron chi connectivity index (χ4n) is 1.15. The van der Waals surface area contributed by atoms with E-state index in [1.807, 2.05) is 0 Å². The summed E-state index contributed by atoms with van der Waals surface area (Å²) in [4.78, 5) is 22.6. The first-order valence-corrected chi connectivity index (χ1v) is 5.49. The smallest absolute Gasteiger partial charge is 0.332 e. The van der Waals surface area contributed by atoms with Crippen LogP contribution in [0.2, 0.25) is 0 Å². The van der Waals surface area contributed by atoms with Crippen molar-refractivity contribution in [3.05, 3.63) is 47.7 Å². The van der Waals surface area contributed by atoms with Crippen LogP contribution in [0, 0.1) is 0 Å². The van der Waals surface area contributed by atoms with Gasteiger partial charge < -0.3 is 4.74 Å². The number of benzene rings is 1. The van der Waals surface area contributed by atoms with Crippen molar-refractivity contribution in [2.24, 2.45) is 10.2 Å². The average molecular weight is 246 g/mol. The lowest BCUT2D eigenvalue weighted by Crippen LogP contribution is -2.00. The van der Waals surface area contributed by atoms with Gasteiger partial charge in [0.1, 0.15) is 0 Å². The minimum absolute atomic E-state index is 0.294. The number of carbonyl (C=O) groups excluding carboxylic acids is 2. The fraction of sp³-hybridized carbons (Fsp3) is 0.231. The van der Waals surface area contributed by atoms with Crippen molar-refractivity contribution in [2.75, 3.05) is 6.61 Å². The van der Waals surface area contributed by atoms with Gasteiger partial charge in [0, 0.05) is 11.6 Å². The van der Waals surface area contributed by atoms with E-state index >= 15 is 0 Å². The Kier molecular flexibility index (Phi) is 5.44. The Labute approximate surface area is 105 Å². The Morgan fingerprint density at radius 3 is 2.50 bits per heavy atom. The van der Waals surface area contributed by atoms with Crippen molar-refractivity contribution >= 4 is 11.9 Å². The molecule has 5 nitrogen and oxygen atoms in total. The number of nitrogens with zero attached hydrogens (tertiary/aromatic N) is 2. The van der Waals surface area contributed by atoms with Crippen LogP contribution in [-0.4, -0.2) is 18.5 Å². The van der Waals surface area contributed by atoms with Crippen molar-refractivity contribution in [1.29, 1.82) is 0 Å². The van der Waals surface area contributed by atoms with E-state index in [1.54, 1.807) is 44.2 Å². The molecule has 0 aliphatic rings.